The van der Waals surface area contributed by atoms with Gasteiger partial charge < -0.3 is 9.32 Å². The van der Waals surface area contributed by atoms with Crippen molar-refractivity contribution in [2.24, 2.45) is 5.92 Å². The van der Waals surface area contributed by atoms with Crippen LogP contribution >= 0.6 is 0 Å². The Morgan fingerprint density at radius 2 is 1.92 bits per heavy atom. The third-order valence-corrected chi connectivity index (χ3v) is 6.44. The van der Waals surface area contributed by atoms with Crippen molar-refractivity contribution < 1.29 is 17.6 Å². The highest BCUT2D eigenvalue weighted by atomic mass is 32.2. The molecule has 0 radical (unpaired) electrons. The zero-order valence-corrected chi connectivity index (χ0v) is 15.9. The van der Waals surface area contributed by atoms with Gasteiger partial charge >= 0.3 is 0 Å². The summed E-state index contributed by atoms with van der Waals surface area (Å²) in [6, 6.07) is 6.82. The van der Waals surface area contributed by atoms with E-state index in [1.807, 2.05) is 19.9 Å². The first kappa shape index (κ1) is 18.7. The second-order valence-electron chi connectivity index (χ2n) is 6.85. The molecule has 2 aromatic rings. The predicted octanol–water partition coefficient (Wildman–Crippen LogP) is 2.73. The number of piperidine rings is 1. The van der Waals surface area contributed by atoms with Gasteiger partial charge in [0.2, 0.25) is 10.0 Å². The lowest BCUT2D eigenvalue weighted by Crippen LogP contribution is -2.41. The number of benzene rings is 1. The van der Waals surface area contributed by atoms with E-state index in [0.29, 0.717) is 30.1 Å². The van der Waals surface area contributed by atoms with E-state index in [9.17, 15) is 13.2 Å². The maximum Gasteiger partial charge on any atom is 0.257 e. The highest BCUT2D eigenvalue weighted by Crippen LogP contribution is 2.20. The molecule has 1 saturated heterocycles. The van der Waals surface area contributed by atoms with E-state index in [4.69, 9.17) is 4.42 Å². The first-order chi connectivity index (χ1) is 12.4. The van der Waals surface area contributed by atoms with Crippen molar-refractivity contribution in [1.82, 2.24) is 9.62 Å². The minimum atomic E-state index is -3.51. The molecule has 6 nitrogen and oxygen atoms in total. The normalized spacial score (nSPS) is 16.0. The van der Waals surface area contributed by atoms with Gasteiger partial charge in [-0.05, 0) is 61.9 Å². The number of furan rings is 1. The van der Waals surface area contributed by atoms with Crippen LogP contribution in [0.2, 0.25) is 0 Å². The second kappa shape index (κ2) is 7.63. The van der Waals surface area contributed by atoms with Crippen molar-refractivity contribution in [2.75, 3.05) is 19.6 Å². The summed E-state index contributed by atoms with van der Waals surface area (Å²) < 4.78 is 32.6. The van der Waals surface area contributed by atoms with Crippen LogP contribution in [-0.2, 0) is 10.0 Å². The number of carbonyl (C=O) groups excluding carboxylic acids is 1. The van der Waals surface area contributed by atoms with Crippen LogP contribution in [0, 0.1) is 19.8 Å². The Balaban J connectivity index is 1.53. The molecule has 0 saturated carbocycles. The van der Waals surface area contributed by atoms with E-state index in [-0.39, 0.29) is 11.8 Å². The molecule has 140 valence electrons. The van der Waals surface area contributed by atoms with Crippen LogP contribution in [0.3, 0.4) is 0 Å². The molecule has 2 heterocycles. The predicted molar refractivity (Wildman–Crippen MR) is 98.4 cm³/mol. The number of carbonyl (C=O) groups is 1. The molecule has 0 unspecified atom stereocenters. The molecule has 1 N–H and O–H groups in total. The molecular formula is C19H24N2O4S. The maximum atomic E-state index is 12.5. The monoisotopic (exact) mass is 376 g/mol. The lowest BCUT2D eigenvalue weighted by Gasteiger charge is -2.31. The molecule has 1 aromatic carbocycles. The molecule has 0 aliphatic carbocycles. The number of hydrogen-bond acceptors (Lipinski definition) is 4. The number of amides is 1. The van der Waals surface area contributed by atoms with Gasteiger partial charge in [-0.25, -0.2) is 13.1 Å². The van der Waals surface area contributed by atoms with Gasteiger partial charge in [-0.2, -0.15) is 0 Å². The zero-order chi connectivity index (χ0) is 18.7. The van der Waals surface area contributed by atoms with Crippen molar-refractivity contribution in [1.29, 1.82) is 0 Å². The van der Waals surface area contributed by atoms with Gasteiger partial charge in [-0.3, -0.25) is 4.79 Å². The minimum Gasteiger partial charge on any atom is -0.472 e. The molecule has 1 aliphatic heterocycles. The Hall–Kier alpha value is -2.12. The van der Waals surface area contributed by atoms with Crippen molar-refractivity contribution in [3.63, 3.8) is 0 Å². The molecule has 3 rings (SSSR count). The third-order valence-electron chi connectivity index (χ3n) is 5.02. The van der Waals surface area contributed by atoms with E-state index < -0.39 is 10.0 Å². The lowest BCUT2D eigenvalue weighted by atomic mass is 9.97. The standard InChI is InChI=1S/C19H24N2O4S/c1-14-3-4-18(11-15(14)2)26(23,24)20-12-16-5-8-21(9-6-16)19(22)17-7-10-25-13-17/h3-4,7,10-11,13,16,20H,5-6,8-9,12H2,1-2H3. The van der Waals surface area contributed by atoms with E-state index in [2.05, 4.69) is 4.72 Å². The summed E-state index contributed by atoms with van der Waals surface area (Å²) in [6.07, 6.45) is 4.49. The van der Waals surface area contributed by atoms with E-state index in [0.717, 1.165) is 24.0 Å². The van der Waals surface area contributed by atoms with Crippen molar-refractivity contribution in [2.45, 2.75) is 31.6 Å². The summed E-state index contributed by atoms with van der Waals surface area (Å²) in [5, 5.41) is 0. The highest BCUT2D eigenvalue weighted by molar-refractivity contribution is 7.89. The summed E-state index contributed by atoms with van der Waals surface area (Å²) in [6.45, 7) is 5.50. The second-order valence-corrected chi connectivity index (χ2v) is 8.61. The lowest BCUT2D eigenvalue weighted by molar-refractivity contribution is 0.0691. The smallest absolute Gasteiger partial charge is 0.257 e. The van der Waals surface area contributed by atoms with Gasteiger partial charge in [-0.15, -0.1) is 0 Å². The maximum absolute atomic E-state index is 12.5. The van der Waals surface area contributed by atoms with Gasteiger partial charge in [0, 0.05) is 19.6 Å². The molecule has 0 spiro atoms. The Morgan fingerprint density at radius 3 is 2.54 bits per heavy atom. The fourth-order valence-corrected chi connectivity index (χ4v) is 4.30. The summed E-state index contributed by atoms with van der Waals surface area (Å²) in [4.78, 5) is 14.4. The van der Waals surface area contributed by atoms with Gasteiger partial charge in [0.15, 0.2) is 0 Å². The summed E-state index contributed by atoms with van der Waals surface area (Å²) in [7, 11) is -3.51. The van der Waals surface area contributed by atoms with Gasteiger partial charge in [0.1, 0.15) is 6.26 Å². The Kier molecular flexibility index (Phi) is 5.48. The third kappa shape index (κ3) is 4.16. The van der Waals surface area contributed by atoms with Gasteiger partial charge in [0.25, 0.3) is 5.91 Å². The van der Waals surface area contributed by atoms with Crippen LogP contribution in [0.4, 0.5) is 0 Å². The van der Waals surface area contributed by atoms with Crippen molar-refractivity contribution in [3.8, 4) is 0 Å². The van der Waals surface area contributed by atoms with E-state index in [1.165, 1.54) is 12.5 Å². The first-order valence-electron chi connectivity index (χ1n) is 8.75. The van der Waals surface area contributed by atoms with Crippen molar-refractivity contribution in [3.05, 3.63) is 53.5 Å². The minimum absolute atomic E-state index is 0.0343. The average Bonchev–Trinajstić information content (AvgIpc) is 3.17. The van der Waals surface area contributed by atoms with Crippen molar-refractivity contribution >= 4 is 15.9 Å². The fourth-order valence-electron chi connectivity index (χ4n) is 3.10. The number of rotatable bonds is 5. The SMILES string of the molecule is Cc1ccc(S(=O)(=O)NCC2CCN(C(=O)c3ccoc3)CC2)cc1C. The number of nitrogens with one attached hydrogen (secondary N) is 1. The number of nitrogens with zero attached hydrogens (tertiary/aromatic N) is 1. The van der Waals surface area contributed by atoms with Crippen LogP contribution in [0.25, 0.3) is 0 Å². The zero-order valence-electron chi connectivity index (χ0n) is 15.1. The van der Waals surface area contributed by atoms with E-state index >= 15 is 0 Å². The topological polar surface area (TPSA) is 79.6 Å². The Bertz CT molecular complexity index is 867. The fraction of sp³-hybridized carbons (Fsp3) is 0.421. The summed E-state index contributed by atoms with van der Waals surface area (Å²) in [5.41, 5.74) is 2.58. The summed E-state index contributed by atoms with van der Waals surface area (Å²) >= 11 is 0. The number of likely N-dealkylation sites (tertiary alicyclic amines) is 1. The van der Waals surface area contributed by atoms with Crippen LogP contribution < -0.4 is 4.72 Å². The number of hydrogen-bond donors (Lipinski definition) is 1. The van der Waals surface area contributed by atoms with E-state index in [1.54, 1.807) is 23.1 Å². The molecule has 1 aromatic heterocycles. The molecule has 7 heteroatoms. The molecule has 0 atom stereocenters. The first-order valence-corrected chi connectivity index (χ1v) is 10.2. The number of sulfonamides is 1. The largest absolute Gasteiger partial charge is 0.472 e. The molecular weight excluding hydrogens is 352 g/mol. The van der Waals surface area contributed by atoms with Crippen LogP contribution in [0.1, 0.15) is 34.3 Å². The van der Waals surface area contributed by atoms with Gasteiger partial charge in [-0.1, -0.05) is 6.07 Å². The Morgan fingerprint density at radius 1 is 1.19 bits per heavy atom. The molecule has 26 heavy (non-hydrogen) atoms. The molecule has 0 bridgehead atoms. The quantitative estimate of drug-likeness (QED) is 0.870. The van der Waals surface area contributed by atoms with Crippen LogP contribution in [0.15, 0.2) is 46.1 Å². The highest BCUT2D eigenvalue weighted by Gasteiger charge is 2.25. The summed E-state index contributed by atoms with van der Waals surface area (Å²) in [5.74, 6) is 0.192. The average molecular weight is 376 g/mol. The number of aryl methyl sites for hydroxylation is 2. The van der Waals surface area contributed by atoms with Crippen LogP contribution in [-0.4, -0.2) is 38.9 Å². The Labute approximate surface area is 154 Å². The molecule has 1 aliphatic rings. The molecule has 1 fully saturated rings. The van der Waals surface area contributed by atoms with Crippen LogP contribution in [0.5, 0.6) is 0 Å². The van der Waals surface area contributed by atoms with Gasteiger partial charge in [0.05, 0.1) is 16.7 Å². The molecule has 1 amide bonds.